The average molecular weight is 740 g/mol. The van der Waals surface area contributed by atoms with E-state index in [4.69, 9.17) is 45.0 Å². The van der Waals surface area contributed by atoms with Crippen molar-refractivity contribution in [2.45, 2.75) is 130 Å². The molecular formula is C27H54Cl3IO8. The number of hydrogen-bond donors (Lipinski definition) is 4. The molecule has 0 aromatic heterocycles. The third kappa shape index (κ3) is 54.6. The van der Waals surface area contributed by atoms with Gasteiger partial charge in [-0.1, -0.05) is 27.7 Å². The number of halogens is 4. The maximum Gasteiger partial charge on any atom is 0.303 e. The molecule has 0 spiro atoms. The molecule has 2 atom stereocenters. The second-order valence-corrected chi connectivity index (χ2v) is 9.56. The minimum absolute atomic E-state index is 0. The zero-order chi connectivity index (χ0) is 28.2. The van der Waals surface area contributed by atoms with Crippen LogP contribution in [0.5, 0.6) is 0 Å². The van der Waals surface area contributed by atoms with Crippen LogP contribution in [0.4, 0.5) is 0 Å². The number of Topliss-reactive ketones (excluding diaryl/α,β-unsaturated/α-hetero) is 2. The first-order valence-corrected chi connectivity index (χ1v) is 14.1. The molecule has 4 N–H and O–H groups in total. The first kappa shape index (κ1) is 51.5. The molecule has 8 nitrogen and oxygen atoms in total. The Morgan fingerprint density at radius 3 is 1.26 bits per heavy atom. The highest BCUT2D eigenvalue weighted by atomic mass is 127. The van der Waals surface area contributed by atoms with Crippen molar-refractivity contribution in [3.63, 3.8) is 0 Å². The molecule has 0 heterocycles. The Hall–Kier alpha value is -0.200. The van der Waals surface area contributed by atoms with Crippen LogP contribution in [0, 0.1) is 0 Å². The zero-order valence-electron chi connectivity index (χ0n) is 21.8. The Bertz CT molecular complexity index is 539. The van der Waals surface area contributed by atoms with E-state index >= 15 is 0 Å². The number of unbranched alkanes of at least 4 members (excludes halogenated alkanes) is 3. The van der Waals surface area contributed by atoms with E-state index in [1.807, 2.05) is 0 Å². The van der Waals surface area contributed by atoms with E-state index in [1.54, 1.807) is 6.92 Å². The van der Waals surface area contributed by atoms with Crippen molar-refractivity contribution >= 4 is 82.3 Å². The molecule has 0 fully saturated rings. The lowest BCUT2D eigenvalue weighted by molar-refractivity contribution is -0.138. The summed E-state index contributed by atoms with van der Waals surface area (Å²) in [7, 11) is 0. The van der Waals surface area contributed by atoms with Gasteiger partial charge in [-0.25, -0.2) is 0 Å². The molecule has 0 aliphatic rings. The molecule has 0 radical (unpaired) electrons. The monoisotopic (exact) mass is 738 g/mol. The van der Waals surface area contributed by atoms with Crippen LogP contribution in [0.2, 0.25) is 0 Å². The van der Waals surface area contributed by atoms with E-state index in [0.717, 1.165) is 25.7 Å². The number of alkyl halides is 3. The first-order valence-electron chi connectivity index (χ1n) is 12.5. The van der Waals surface area contributed by atoms with Crippen LogP contribution in [0.1, 0.15) is 118 Å². The summed E-state index contributed by atoms with van der Waals surface area (Å²) in [5.74, 6) is 0.0880. The highest BCUT2D eigenvalue weighted by Crippen LogP contribution is 2.08. The predicted molar refractivity (Wildman–Crippen MR) is 173 cm³/mol. The molecule has 0 aliphatic carbocycles. The molecule has 0 saturated carbocycles. The van der Waals surface area contributed by atoms with E-state index in [9.17, 15) is 29.4 Å². The molecule has 2 unspecified atom stereocenters. The van der Waals surface area contributed by atoms with Crippen LogP contribution >= 0.6 is 58.8 Å². The third-order valence-corrected chi connectivity index (χ3v) is 5.47. The fraction of sp³-hybridized carbons (Fsp3) is 0.852. The number of aliphatic carboxylic acids is 2. The van der Waals surface area contributed by atoms with Gasteiger partial charge >= 0.3 is 11.9 Å². The summed E-state index contributed by atoms with van der Waals surface area (Å²) in [6.45, 7) is 1.59. The third-order valence-electron chi connectivity index (χ3n) is 4.85. The summed E-state index contributed by atoms with van der Waals surface area (Å²) in [4.78, 5) is 41.5. The molecule has 12 heteroatoms. The molecular weight excluding hydrogens is 686 g/mol. The highest BCUT2D eigenvalue weighted by Gasteiger charge is 2.04. The second kappa shape index (κ2) is 39.9. The van der Waals surface area contributed by atoms with Crippen LogP contribution in [-0.2, 0) is 19.2 Å². The largest absolute Gasteiger partial charge is 0.481 e. The number of aliphatic hydroxyl groups is 2. The molecule has 0 aromatic rings. The van der Waals surface area contributed by atoms with Crippen molar-refractivity contribution in [1.82, 2.24) is 0 Å². The molecule has 0 amide bonds. The average Bonchev–Trinajstić information content (AvgIpc) is 2.78. The van der Waals surface area contributed by atoms with Crippen LogP contribution in [0.15, 0.2) is 0 Å². The van der Waals surface area contributed by atoms with Crippen molar-refractivity contribution in [1.29, 1.82) is 0 Å². The van der Waals surface area contributed by atoms with Gasteiger partial charge in [0.2, 0.25) is 0 Å². The molecule has 0 bridgehead atoms. The number of carboxylic acids is 2. The van der Waals surface area contributed by atoms with Crippen LogP contribution in [0.25, 0.3) is 0 Å². The fourth-order valence-corrected chi connectivity index (χ4v) is 3.49. The molecule has 0 aromatic carbocycles. The topological polar surface area (TPSA) is 149 Å². The summed E-state index contributed by atoms with van der Waals surface area (Å²) < 4.78 is 0. The molecule has 39 heavy (non-hydrogen) atoms. The van der Waals surface area contributed by atoms with Crippen molar-refractivity contribution in [3.8, 4) is 0 Å². The van der Waals surface area contributed by atoms with Crippen LogP contribution in [-0.4, -0.2) is 73.8 Å². The van der Waals surface area contributed by atoms with E-state index in [-0.39, 0.29) is 75.4 Å². The lowest BCUT2D eigenvalue weighted by Crippen LogP contribution is -2.07. The van der Waals surface area contributed by atoms with E-state index in [2.05, 4.69) is 0 Å². The second-order valence-electron chi connectivity index (χ2n) is 8.43. The van der Waals surface area contributed by atoms with Gasteiger partial charge in [-0.15, -0.1) is 58.8 Å². The smallest absolute Gasteiger partial charge is 0.303 e. The normalized spacial score (nSPS) is 10.9. The number of ketones is 2. The lowest BCUT2D eigenvalue weighted by atomic mass is 10.1. The Kier molecular flexibility index (Phi) is 52.8. The molecule has 0 saturated heterocycles. The van der Waals surface area contributed by atoms with Crippen molar-refractivity contribution in [3.05, 3.63) is 0 Å². The van der Waals surface area contributed by atoms with Crippen molar-refractivity contribution in [2.24, 2.45) is 0 Å². The Morgan fingerprint density at radius 1 is 0.564 bits per heavy atom. The number of carbonyl (C=O) groups is 4. The number of hydrogen-bond acceptors (Lipinski definition) is 6. The highest BCUT2D eigenvalue weighted by molar-refractivity contribution is 14.0. The fourth-order valence-electron chi connectivity index (χ4n) is 2.78. The quantitative estimate of drug-likeness (QED) is 0.0539. The van der Waals surface area contributed by atoms with Gasteiger partial charge in [0.05, 0.1) is 12.2 Å². The van der Waals surface area contributed by atoms with Gasteiger partial charge in [0, 0.05) is 49.7 Å². The van der Waals surface area contributed by atoms with E-state index in [0.29, 0.717) is 75.4 Å². The minimum atomic E-state index is -0.806. The molecule has 0 rings (SSSR count). The number of aliphatic hydroxyl groups excluding tert-OH is 2. The molecule has 238 valence electrons. The first-order chi connectivity index (χ1) is 17.0. The predicted octanol–water partition coefficient (Wildman–Crippen LogP) is 7.47. The van der Waals surface area contributed by atoms with Gasteiger partial charge < -0.3 is 25.2 Å². The minimum Gasteiger partial charge on any atom is -0.481 e. The summed E-state index contributed by atoms with van der Waals surface area (Å²) in [5.41, 5.74) is 0. The number of rotatable bonds is 21. The van der Waals surface area contributed by atoms with E-state index < -0.39 is 11.9 Å². The Labute approximate surface area is 268 Å². The summed E-state index contributed by atoms with van der Waals surface area (Å²) in [6, 6.07) is 0. The van der Waals surface area contributed by atoms with E-state index in [1.165, 1.54) is 0 Å². The summed E-state index contributed by atoms with van der Waals surface area (Å²) in [6.07, 6.45) is 8.25. The van der Waals surface area contributed by atoms with Gasteiger partial charge in [-0.2, -0.15) is 0 Å². The number of carboxylic acid groups (broad SMARTS) is 2. The van der Waals surface area contributed by atoms with Crippen molar-refractivity contribution in [2.75, 3.05) is 17.6 Å². The maximum absolute atomic E-state index is 10.9. The Balaban J connectivity index is -0.000000101. The lowest BCUT2D eigenvalue weighted by Gasteiger charge is -2.06. The SMILES string of the molecule is C.C.CC(=O)CCCCC(O)CCCl.I.O=C(O)CCCCC(=O)CCCl.O=C(O)CCCCC(O)CCCl. The zero-order valence-corrected chi connectivity index (χ0v) is 26.4. The van der Waals surface area contributed by atoms with Gasteiger partial charge in [0.25, 0.3) is 0 Å². The van der Waals surface area contributed by atoms with Gasteiger partial charge in [-0.05, 0) is 58.3 Å². The summed E-state index contributed by atoms with van der Waals surface area (Å²) >= 11 is 16.2. The molecule has 0 aliphatic heterocycles. The number of carbonyl (C=O) groups excluding carboxylic acids is 2. The maximum atomic E-state index is 10.9. The van der Waals surface area contributed by atoms with Gasteiger partial charge in [-0.3, -0.25) is 14.4 Å². The van der Waals surface area contributed by atoms with Crippen LogP contribution < -0.4 is 0 Å². The summed E-state index contributed by atoms with van der Waals surface area (Å²) in [5, 5.41) is 35.0. The van der Waals surface area contributed by atoms with Crippen LogP contribution in [0.3, 0.4) is 0 Å². The Morgan fingerprint density at radius 2 is 0.923 bits per heavy atom. The van der Waals surface area contributed by atoms with Gasteiger partial charge in [0.1, 0.15) is 11.6 Å². The van der Waals surface area contributed by atoms with Gasteiger partial charge in [0.15, 0.2) is 0 Å². The standard InChI is InChI=1S/C9H17ClO2.C8H15ClO3.C8H13ClO3.2CH4.HI/c1-8(11)4-2-3-5-9(12)6-7-10;2*9-6-5-7(10)3-1-2-4-8(11)12;;;/h9,12H,2-7H2,1H3;7,10H,1-6H2,(H,11,12);1-6H2,(H,11,12);2*1H4;1H. The van der Waals surface area contributed by atoms with Crippen molar-refractivity contribution < 1.29 is 39.6 Å².